The SMILES string of the molecule is CC(C(N)=NO)N(C)C(=O)c1cccc(F)c1F. The molecule has 0 bridgehead atoms. The van der Waals surface area contributed by atoms with Gasteiger partial charge in [0, 0.05) is 7.05 Å². The summed E-state index contributed by atoms with van der Waals surface area (Å²) in [4.78, 5) is 13.0. The highest BCUT2D eigenvalue weighted by atomic mass is 19.2. The molecule has 0 spiro atoms. The molecule has 1 amide bonds. The van der Waals surface area contributed by atoms with Crippen LogP contribution in [0.4, 0.5) is 8.78 Å². The van der Waals surface area contributed by atoms with Gasteiger partial charge in [-0.05, 0) is 19.1 Å². The molecule has 1 unspecified atom stereocenters. The average Bonchev–Trinajstić information content (AvgIpc) is 2.38. The van der Waals surface area contributed by atoms with Crippen LogP contribution in [0.5, 0.6) is 0 Å². The van der Waals surface area contributed by atoms with Crippen LogP contribution in [0.2, 0.25) is 0 Å². The van der Waals surface area contributed by atoms with Crippen molar-refractivity contribution in [2.75, 3.05) is 7.05 Å². The van der Waals surface area contributed by atoms with Crippen molar-refractivity contribution in [1.29, 1.82) is 0 Å². The largest absolute Gasteiger partial charge is 0.409 e. The molecule has 5 nitrogen and oxygen atoms in total. The first kappa shape index (κ1) is 13.9. The van der Waals surface area contributed by atoms with Gasteiger partial charge in [0.15, 0.2) is 17.5 Å². The lowest BCUT2D eigenvalue weighted by Crippen LogP contribution is -2.44. The van der Waals surface area contributed by atoms with E-state index in [4.69, 9.17) is 10.9 Å². The lowest BCUT2D eigenvalue weighted by Gasteiger charge is -2.23. The Hall–Kier alpha value is -2.18. The fourth-order valence-corrected chi connectivity index (χ4v) is 1.32. The van der Waals surface area contributed by atoms with Crippen LogP contribution in [-0.4, -0.2) is 34.9 Å². The van der Waals surface area contributed by atoms with Gasteiger partial charge < -0.3 is 15.8 Å². The third-order valence-electron chi connectivity index (χ3n) is 2.63. The molecule has 1 aromatic carbocycles. The minimum Gasteiger partial charge on any atom is -0.409 e. The highest BCUT2D eigenvalue weighted by Crippen LogP contribution is 2.14. The summed E-state index contributed by atoms with van der Waals surface area (Å²) >= 11 is 0. The van der Waals surface area contributed by atoms with Gasteiger partial charge in [-0.1, -0.05) is 11.2 Å². The molecule has 0 saturated carbocycles. The van der Waals surface area contributed by atoms with Crippen LogP contribution in [-0.2, 0) is 0 Å². The second-order valence-corrected chi connectivity index (χ2v) is 3.72. The Kier molecular flexibility index (Phi) is 4.19. The van der Waals surface area contributed by atoms with Gasteiger partial charge in [0.05, 0.1) is 11.6 Å². The van der Waals surface area contributed by atoms with Crippen LogP contribution in [0.25, 0.3) is 0 Å². The maximum absolute atomic E-state index is 13.4. The number of carbonyl (C=O) groups is 1. The number of carbonyl (C=O) groups excluding carboxylic acids is 1. The summed E-state index contributed by atoms with van der Waals surface area (Å²) in [6, 6.07) is 2.56. The number of rotatable bonds is 3. The summed E-state index contributed by atoms with van der Waals surface area (Å²) in [5.41, 5.74) is 4.93. The molecular weight excluding hydrogens is 244 g/mol. The number of nitrogens with two attached hydrogens (primary N) is 1. The molecule has 0 saturated heterocycles. The second-order valence-electron chi connectivity index (χ2n) is 3.72. The van der Waals surface area contributed by atoms with E-state index in [2.05, 4.69) is 5.16 Å². The van der Waals surface area contributed by atoms with Crippen molar-refractivity contribution < 1.29 is 18.8 Å². The molecule has 7 heteroatoms. The van der Waals surface area contributed by atoms with Gasteiger partial charge in [0.2, 0.25) is 0 Å². The molecule has 0 aliphatic rings. The molecular formula is C11H13F2N3O2. The van der Waals surface area contributed by atoms with Gasteiger partial charge in [-0.3, -0.25) is 4.79 Å². The lowest BCUT2D eigenvalue weighted by molar-refractivity contribution is 0.0770. The molecule has 1 atom stereocenters. The number of likely N-dealkylation sites (N-methyl/N-ethyl adjacent to an activating group) is 1. The van der Waals surface area contributed by atoms with E-state index < -0.39 is 29.1 Å². The molecule has 1 aromatic rings. The van der Waals surface area contributed by atoms with Crippen molar-refractivity contribution >= 4 is 11.7 Å². The number of oxime groups is 1. The quantitative estimate of drug-likeness (QED) is 0.369. The zero-order chi connectivity index (χ0) is 13.9. The van der Waals surface area contributed by atoms with Crippen molar-refractivity contribution in [3.8, 4) is 0 Å². The van der Waals surface area contributed by atoms with Crippen LogP contribution in [0.3, 0.4) is 0 Å². The van der Waals surface area contributed by atoms with E-state index in [1.165, 1.54) is 20.0 Å². The van der Waals surface area contributed by atoms with Crippen LogP contribution in [0.1, 0.15) is 17.3 Å². The Bertz CT molecular complexity index is 491. The van der Waals surface area contributed by atoms with Crippen LogP contribution in [0.15, 0.2) is 23.4 Å². The predicted molar refractivity (Wildman–Crippen MR) is 61.3 cm³/mol. The number of nitrogens with zero attached hydrogens (tertiary/aromatic N) is 2. The lowest BCUT2D eigenvalue weighted by atomic mass is 10.1. The summed E-state index contributed by atoms with van der Waals surface area (Å²) in [6.45, 7) is 1.49. The maximum atomic E-state index is 13.4. The van der Waals surface area contributed by atoms with Crippen LogP contribution in [0, 0.1) is 11.6 Å². The van der Waals surface area contributed by atoms with Crippen LogP contribution >= 0.6 is 0 Å². The summed E-state index contributed by atoms with van der Waals surface area (Å²) in [5, 5.41) is 11.3. The van der Waals surface area contributed by atoms with E-state index in [9.17, 15) is 13.6 Å². The maximum Gasteiger partial charge on any atom is 0.257 e. The van der Waals surface area contributed by atoms with E-state index in [1.54, 1.807) is 0 Å². The van der Waals surface area contributed by atoms with Gasteiger partial charge in [-0.25, -0.2) is 8.78 Å². The Labute approximate surface area is 102 Å². The third kappa shape index (κ3) is 2.55. The molecule has 0 heterocycles. The van der Waals surface area contributed by atoms with E-state index in [0.717, 1.165) is 17.0 Å². The first-order valence-electron chi connectivity index (χ1n) is 5.08. The fraction of sp³-hybridized carbons (Fsp3) is 0.273. The fourth-order valence-electron chi connectivity index (χ4n) is 1.32. The van der Waals surface area contributed by atoms with Crippen molar-refractivity contribution in [1.82, 2.24) is 4.90 Å². The second kappa shape index (κ2) is 5.44. The normalized spacial score (nSPS) is 13.2. The molecule has 0 fully saturated rings. The summed E-state index contributed by atoms with van der Waals surface area (Å²) < 4.78 is 26.4. The molecule has 98 valence electrons. The van der Waals surface area contributed by atoms with Gasteiger partial charge in [0.25, 0.3) is 5.91 Å². The summed E-state index contributed by atoms with van der Waals surface area (Å²) in [6.07, 6.45) is 0. The van der Waals surface area contributed by atoms with Gasteiger partial charge >= 0.3 is 0 Å². The Morgan fingerprint density at radius 1 is 1.50 bits per heavy atom. The molecule has 18 heavy (non-hydrogen) atoms. The smallest absolute Gasteiger partial charge is 0.257 e. The summed E-state index contributed by atoms with van der Waals surface area (Å²) in [5.74, 6) is -3.29. The Balaban J connectivity index is 3.04. The minimum atomic E-state index is -1.22. The number of amides is 1. The topological polar surface area (TPSA) is 78.9 Å². The highest BCUT2D eigenvalue weighted by molar-refractivity contribution is 5.98. The summed E-state index contributed by atoms with van der Waals surface area (Å²) in [7, 11) is 1.34. The Morgan fingerprint density at radius 2 is 2.11 bits per heavy atom. The van der Waals surface area contributed by atoms with Crippen molar-refractivity contribution in [2.45, 2.75) is 13.0 Å². The molecule has 0 aliphatic heterocycles. The highest BCUT2D eigenvalue weighted by Gasteiger charge is 2.24. The van der Waals surface area contributed by atoms with Crippen LogP contribution < -0.4 is 5.73 Å². The molecule has 0 aliphatic carbocycles. The number of amidine groups is 1. The van der Waals surface area contributed by atoms with Crippen molar-refractivity contribution in [2.24, 2.45) is 10.9 Å². The third-order valence-corrected chi connectivity index (χ3v) is 2.63. The van der Waals surface area contributed by atoms with E-state index in [0.29, 0.717) is 0 Å². The number of benzene rings is 1. The molecule has 0 radical (unpaired) electrons. The van der Waals surface area contributed by atoms with E-state index in [-0.39, 0.29) is 5.84 Å². The number of hydrogen-bond donors (Lipinski definition) is 2. The van der Waals surface area contributed by atoms with Gasteiger partial charge in [0.1, 0.15) is 0 Å². The predicted octanol–water partition coefficient (Wildman–Crippen LogP) is 1.17. The monoisotopic (exact) mass is 257 g/mol. The molecule has 1 rings (SSSR count). The molecule has 0 aromatic heterocycles. The minimum absolute atomic E-state index is 0.206. The van der Waals surface area contributed by atoms with Crippen molar-refractivity contribution in [3.63, 3.8) is 0 Å². The van der Waals surface area contributed by atoms with E-state index >= 15 is 0 Å². The number of hydrogen-bond acceptors (Lipinski definition) is 3. The van der Waals surface area contributed by atoms with Crippen molar-refractivity contribution in [3.05, 3.63) is 35.4 Å². The van der Waals surface area contributed by atoms with E-state index in [1.807, 2.05) is 0 Å². The standard InChI is InChI=1S/C11H13F2N3O2/c1-6(10(14)15-18)16(2)11(17)7-4-3-5-8(12)9(7)13/h3-6,18H,1-2H3,(H2,14,15). The average molecular weight is 257 g/mol. The zero-order valence-corrected chi connectivity index (χ0v) is 9.89. The van der Waals surface area contributed by atoms with Gasteiger partial charge in [-0.15, -0.1) is 0 Å². The van der Waals surface area contributed by atoms with Gasteiger partial charge in [-0.2, -0.15) is 0 Å². The first-order valence-corrected chi connectivity index (χ1v) is 5.08. The molecule has 3 N–H and O–H groups in total. The zero-order valence-electron chi connectivity index (χ0n) is 9.89. The first-order chi connectivity index (χ1) is 8.40. The Morgan fingerprint density at radius 3 is 2.67 bits per heavy atom. The number of halogens is 2.